The first-order valence-corrected chi connectivity index (χ1v) is 7.77. The molecule has 3 nitrogen and oxygen atoms in total. The molecule has 21 heavy (non-hydrogen) atoms. The lowest BCUT2D eigenvalue weighted by Crippen LogP contribution is -2.27. The average Bonchev–Trinajstić information content (AvgIpc) is 2.91. The summed E-state index contributed by atoms with van der Waals surface area (Å²) < 4.78 is 6.71. The number of fused-ring (bicyclic) bond motifs is 1. The van der Waals surface area contributed by atoms with Gasteiger partial charge in [-0.3, -0.25) is 4.79 Å². The zero-order valence-electron chi connectivity index (χ0n) is 11.5. The second-order valence-corrected chi connectivity index (χ2v) is 6.02. The van der Waals surface area contributed by atoms with Crippen molar-refractivity contribution in [1.82, 2.24) is 5.32 Å². The lowest BCUT2D eigenvalue weighted by molar-refractivity contribution is 0.0935. The average molecular weight is 391 g/mol. The third kappa shape index (κ3) is 2.95. The van der Waals surface area contributed by atoms with Crippen molar-refractivity contribution >= 4 is 39.5 Å². The fourth-order valence-corrected chi connectivity index (χ4v) is 2.84. The quantitative estimate of drug-likeness (QED) is 0.667. The van der Waals surface area contributed by atoms with Crippen LogP contribution in [0.4, 0.5) is 0 Å². The Balaban J connectivity index is 1.81. The zero-order chi connectivity index (χ0) is 14.8. The van der Waals surface area contributed by atoms with Crippen LogP contribution in [0.1, 0.15) is 29.1 Å². The molecule has 106 valence electrons. The molecule has 0 bridgehead atoms. The van der Waals surface area contributed by atoms with Gasteiger partial charge in [0.25, 0.3) is 5.91 Å². The minimum absolute atomic E-state index is 0.0899. The van der Waals surface area contributed by atoms with Gasteiger partial charge in [0.1, 0.15) is 11.3 Å². The van der Waals surface area contributed by atoms with E-state index < -0.39 is 0 Å². The fraction of sp³-hybridized carbons (Fsp3) is 0.118. The molecule has 1 amide bonds. The van der Waals surface area contributed by atoms with Crippen LogP contribution in [0.25, 0.3) is 11.0 Å². The van der Waals surface area contributed by atoms with E-state index in [1.54, 1.807) is 0 Å². The highest BCUT2D eigenvalue weighted by Gasteiger charge is 2.16. The number of nitrogens with one attached hydrogen (secondary N) is 1. The highest BCUT2D eigenvalue weighted by molar-refractivity contribution is 14.1. The molecule has 0 fully saturated rings. The molecule has 1 atom stereocenters. The SMILES string of the molecule is CC(NC(=O)c1ccccc1I)c1cc2ccccc2o1. The van der Waals surface area contributed by atoms with Crippen molar-refractivity contribution in [2.75, 3.05) is 0 Å². The summed E-state index contributed by atoms with van der Waals surface area (Å²) in [6, 6.07) is 17.1. The van der Waals surface area contributed by atoms with Crippen molar-refractivity contribution in [2.45, 2.75) is 13.0 Å². The van der Waals surface area contributed by atoms with Crippen LogP contribution in [0.15, 0.2) is 59.0 Å². The Hall–Kier alpha value is -1.82. The van der Waals surface area contributed by atoms with Gasteiger partial charge in [-0.15, -0.1) is 0 Å². The predicted octanol–water partition coefficient (Wildman–Crippen LogP) is 4.53. The topological polar surface area (TPSA) is 42.2 Å². The minimum Gasteiger partial charge on any atom is -0.459 e. The number of hydrogen-bond acceptors (Lipinski definition) is 2. The number of rotatable bonds is 3. The summed E-state index contributed by atoms with van der Waals surface area (Å²) in [6.07, 6.45) is 0. The van der Waals surface area contributed by atoms with Crippen molar-refractivity contribution in [2.24, 2.45) is 0 Å². The molecule has 0 spiro atoms. The minimum atomic E-state index is -0.180. The van der Waals surface area contributed by atoms with Gasteiger partial charge >= 0.3 is 0 Å². The third-order valence-corrected chi connectivity index (χ3v) is 4.28. The molecule has 1 N–H and O–H groups in total. The molecule has 0 saturated heterocycles. The van der Waals surface area contributed by atoms with Crippen LogP contribution in [0.2, 0.25) is 0 Å². The largest absolute Gasteiger partial charge is 0.459 e. The molecule has 0 aliphatic carbocycles. The summed E-state index contributed by atoms with van der Waals surface area (Å²) >= 11 is 2.16. The van der Waals surface area contributed by atoms with E-state index in [1.807, 2.05) is 61.5 Å². The Bertz CT molecular complexity index is 761. The summed E-state index contributed by atoms with van der Waals surface area (Å²) in [7, 11) is 0. The maximum atomic E-state index is 12.3. The number of halogens is 1. The number of hydrogen-bond donors (Lipinski definition) is 1. The third-order valence-electron chi connectivity index (χ3n) is 3.34. The van der Waals surface area contributed by atoms with Gasteiger partial charge in [-0.2, -0.15) is 0 Å². The Morgan fingerprint density at radius 3 is 2.62 bits per heavy atom. The number of para-hydroxylation sites is 1. The van der Waals surface area contributed by atoms with E-state index in [0.29, 0.717) is 5.56 Å². The second kappa shape index (κ2) is 5.89. The Morgan fingerprint density at radius 1 is 1.14 bits per heavy atom. The van der Waals surface area contributed by atoms with Crippen molar-refractivity contribution in [3.8, 4) is 0 Å². The monoisotopic (exact) mass is 391 g/mol. The number of furan rings is 1. The molecule has 0 aliphatic heterocycles. The van der Waals surface area contributed by atoms with Gasteiger partial charge in [0.05, 0.1) is 11.6 Å². The molecule has 0 saturated carbocycles. The van der Waals surface area contributed by atoms with Gasteiger partial charge in [-0.1, -0.05) is 30.3 Å². The van der Waals surface area contributed by atoms with Crippen molar-refractivity contribution in [1.29, 1.82) is 0 Å². The standard InChI is InChI=1S/C17H14INO2/c1-11(16-10-12-6-2-5-9-15(12)21-16)19-17(20)13-7-3-4-8-14(13)18/h2-11H,1H3,(H,19,20). The van der Waals surface area contributed by atoms with Crippen LogP contribution in [0, 0.1) is 3.57 Å². The predicted molar refractivity (Wildman–Crippen MR) is 91.3 cm³/mol. The smallest absolute Gasteiger partial charge is 0.252 e. The van der Waals surface area contributed by atoms with Gasteiger partial charge in [-0.05, 0) is 53.8 Å². The molecular weight excluding hydrogens is 377 g/mol. The Morgan fingerprint density at radius 2 is 1.86 bits per heavy atom. The summed E-state index contributed by atoms with van der Waals surface area (Å²) in [5.74, 6) is 0.670. The zero-order valence-corrected chi connectivity index (χ0v) is 13.6. The first-order valence-electron chi connectivity index (χ1n) is 6.69. The Labute approximate surface area is 136 Å². The molecule has 1 unspecified atom stereocenters. The highest BCUT2D eigenvalue weighted by atomic mass is 127. The van der Waals surface area contributed by atoms with Gasteiger partial charge in [-0.25, -0.2) is 0 Å². The molecule has 2 aromatic carbocycles. The lowest BCUT2D eigenvalue weighted by atomic mass is 10.1. The summed E-state index contributed by atoms with van der Waals surface area (Å²) in [4.78, 5) is 12.3. The molecule has 1 aromatic heterocycles. The fourth-order valence-electron chi connectivity index (χ4n) is 2.21. The number of carbonyl (C=O) groups excluding carboxylic acids is 1. The van der Waals surface area contributed by atoms with Gasteiger partial charge in [0.15, 0.2) is 0 Å². The van der Waals surface area contributed by atoms with Gasteiger partial charge in [0, 0.05) is 8.96 Å². The molecule has 0 aliphatic rings. The molecule has 3 rings (SSSR count). The Kier molecular flexibility index (Phi) is 3.96. The van der Waals surface area contributed by atoms with Gasteiger partial charge in [0.2, 0.25) is 0 Å². The summed E-state index contributed by atoms with van der Waals surface area (Å²) in [5, 5.41) is 4.02. The maximum Gasteiger partial charge on any atom is 0.252 e. The maximum absolute atomic E-state index is 12.3. The van der Waals surface area contributed by atoms with E-state index in [0.717, 1.165) is 20.3 Å². The second-order valence-electron chi connectivity index (χ2n) is 4.86. The molecule has 1 heterocycles. The van der Waals surface area contributed by atoms with Crippen molar-refractivity contribution < 1.29 is 9.21 Å². The van der Waals surface area contributed by atoms with Crippen LogP contribution in [-0.4, -0.2) is 5.91 Å². The number of benzene rings is 2. The van der Waals surface area contributed by atoms with Crippen LogP contribution in [0.5, 0.6) is 0 Å². The number of carbonyl (C=O) groups is 1. The van der Waals surface area contributed by atoms with E-state index in [-0.39, 0.29) is 11.9 Å². The molecule has 0 radical (unpaired) electrons. The van der Waals surface area contributed by atoms with Crippen LogP contribution in [0.3, 0.4) is 0 Å². The van der Waals surface area contributed by atoms with E-state index in [1.165, 1.54) is 0 Å². The molecule has 4 heteroatoms. The van der Waals surface area contributed by atoms with E-state index in [4.69, 9.17) is 4.42 Å². The highest BCUT2D eigenvalue weighted by Crippen LogP contribution is 2.24. The lowest BCUT2D eigenvalue weighted by Gasteiger charge is -2.12. The van der Waals surface area contributed by atoms with Crippen LogP contribution < -0.4 is 5.32 Å². The van der Waals surface area contributed by atoms with Crippen molar-refractivity contribution in [3.63, 3.8) is 0 Å². The summed E-state index contributed by atoms with van der Waals surface area (Å²) in [5.41, 5.74) is 1.52. The van der Waals surface area contributed by atoms with Crippen LogP contribution >= 0.6 is 22.6 Å². The van der Waals surface area contributed by atoms with Crippen molar-refractivity contribution in [3.05, 3.63) is 69.5 Å². The van der Waals surface area contributed by atoms with Gasteiger partial charge < -0.3 is 9.73 Å². The number of amides is 1. The van der Waals surface area contributed by atoms with E-state index in [9.17, 15) is 4.79 Å². The first-order chi connectivity index (χ1) is 10.1. The molecular formula is C17H14INO2. The van der Waals surface area contributed by atoms with E-state index >= 15 is 0 Å². The normalized spacial score (nSPS) is 12.3. The van der Waals surface area contributed by atoms with Crippen LogP contribution in [-0.2, 0) is 0 Å². The van der Waals surface area contributed by atoms with E-state index in [2.05, 4.69) is 27.9 Å². The first kappa shape index (κ1) is 14.1. The molecule has 3 aromatic rings. The summed E-state index contributed by atoms with van der Waals surface area (Å²) in [6.45, 7) is 1.92.